The summed E-state index contributed by atoms with van der Waals surface area (Å²) in [5.74, 6) is 0.572. The molecule has 0 radical (unpaired) electrons. The quantitative estimate of drug-likeness (QED) is 0.737. The molecule has 0 atom stereocenters. The molecule has 2 N–H and O–H groups in total. The molecule has 6 heteroatoms. The lowest BCUT2D eigenvalue weighted by Crippen LogP contribution is -1.95. The zero-order chi connectivity index (χ0) is 14.8. The molecule has 0 amide bonds. The fourth-order valence-electron chi connectivity index (χ4n) is 1.93. The summed E-state index contributed by atoms with van der Waals surface area (Å²) in [5, 5.41) is 13.7. The zero-order valence-electron chi connectivity index (χ0n) is 10.9. The predicted octanol–water partition coefficient (Wildman–Crippen LogP) is 3.04. The number of anilines is 1. The number of nitrogens with two attached hydrogens (primary N) is 1. The van der Waals surface area contributed by atoms with E-state index in [0.29, 0.717) is 22.1 Å². The number of nitrogen functional groups attached to an aromatic ring is 1. The molecule has 0 unspecified atom stereocenters. The van der Waals surface area contributed by atoms with Crippen LogP contribution in [0, 0.1) is 11.3 Å². The van der Waals surface area contributed by atoms with Crippen molar-refractivity contribution in [3.8, 4) is 23.1 Å². The molecular weight excluding hydrogens is 286 g/mol. The molecule has 5 nitrogen and oxygen atoms in total. The van der Waals surface area contributed by atoms with Gasteiger partial charge in [0.2, 0.25) is 0 Å². The van der Waals surface area contributed by atoms with E-state index in [1.54, 1.807) is 35.3 Å². The first-order valence-electron chi connectivity index (χ1n) is 6.15. The average molecular weight is 296 g/mol. The summed E-state index contributed by atoms with van der Waals surface area (Å²) < 4.78 is 1.60. The molecule has 0 aliphatic heterocycles. The van der Waals surface area contributed by atoms with Gasteiger partial charge in [0.1, 0.15) is 12.4 Å². The monoisotopic (exact) mass is 295 g/mol. The first-order valence-corrected chi connectivity index (χ1v) is 6.53. The van der Waals surface area contributed by atoms with E-state index in [0.717, 1.165) is 11.3 Å². The van der Waals surface area contributed by atoms with Crippen LogP contribution in [-0.2, 0) is 0 Å². The second-order valence-corrected chi connectivity index (χ2v) is 4.82. The van der Waals surface area contributed by atoms with Crippen molar-refractivity contribution in [1.29, 1.82) is 5.26 Å². The van der Waals surface area contributed by atoms with E-state index in [9.17, 15) is 0 Å². The van der Waals surface area contributed by atoms with Gasteiger partial charge in [0.15, 0.2) is 5.82 Å². The topological polar surface area (TPSA) is 80.5 Å². The Morgan fingerprint density at radius 3 is 2.76 bits per heavy atom. The molecule has 1 heterocycles. The molecule has 102 valence electrons. The number of rotatable bonds is 2. The van der Waals surface area contributed by atoms with Crippen molar-refractivity contribution < 1.29 is 0 Å². The van der Waals surface area contributed by atoms with Crippen LogP contribution < -0.4 is 5.73 Å². The summed E-state index contributed by atoms with van der Waals surface area (Å²) in [6, 6.07) is 14.5. The first-order chi connectivity index (χ1) is 10.2. The highest BCUT2D eigenvalue weighted by atomic mass is 35.5. The Labute approximate surface area is 126 Å². The Morgan fingerprint density at radius 2 is 2.05 bits per heavy atom. The van der Waals surface area contributed by atoms with Crippen molar-refractivity contribution in [1.82, 2.24) is 14.8 Å². The van der Waals surface area contributed by atoms with Crippen LogP contribution in [0.1, 0.15) is 5.56 Å². The van der Waals surface area contributed by atoms with E-state index < -0.39 is 0 Å². The van der Waals surface area contributed by atoms with Crippen LogP contribution in [0.25, 0.3) is 17.1 Å². The minimum atomic E-state index is 0.385. The molecule has 0 saturated carbocycles. The van der Waals surface area contributed by atoms with Crippen molar-refractivity contribution in [3.05, 3.63) is 59.4 Å². The third-order valence-electron chi connectivity index (χ3n) is 2.97. The molecule has 0 aliphatic rings. The Bertz CT molecular complexity index is 847. The van der Waals surface area contributed by atoms with Crippen LogP contribution in [0.5, 0.6) is 0 Å². The fourth-order valence-corrected chi connectivity index (χ4v) is 2.15. The number of aromatic nitrogens is 3. The lowest BCUT2D eigenvalue weighted by molar-refractivity contribution is 0.882. The number of benzene rings is 2. The van der Waals surface area contributed by atoms with Gasteiger partial charge in [0.25, 0.3) is 0 Å². The van der Waals surface area contributed by atoms with Gasteiger partial charge >= 0.3 is 0 Å². The Kier molecular flexibility index (Phi) is 3.30. The van der Waals surface area contributed by atoms with Gasteiger partial charge in [-0.1, -0.05) is 23.7 Å². The number of nitrogens with zero attached hydrogens (tertiary/aromatic N) is 4. The number of halogens is 1. The Balaban J connectivity index is 1.99. The van der Waals surface area contributed by atoms with Crippen LogP contribution >= 0.6 is 11.6 Å². The van der Waals surface area contributed by atoms with Crippen molar-refractivity contribution in [3.63, 3.8) is 0 Å². The maximum atomic E-state index is 8.88. The highest BCUT2D eigenvalue weighted by Gasteiger charge is 2.07. The molecule has 3 rings (SSSR count). The van der Waals surface area contributed by atoms with Gasteiger partial charge in [-0.25, -0.2) is 9.67 Å². The summed E-state index contributed by atoms with van der Waals surface area (Å²) in [5.41, 5.74) is 8.42. The van der Waals surface area contributed by atoms with Gasteiger partial charge in [-0.3, -0.25) is 0 Å². The molecule has 0 fully saturated rings. The molecule has 21 heavy (non-hydrogen) atoms. The van der Waals surface area contributed by atoms with Gasteiger partial charge in [0.05, 0.1) is 16.3 Å². The van der Waals surface area contributed by atoms with Crippen molar-refractivity contribution >= 4 is 17.3 Å². The predicted molar refractivity (Wildman–Crippen MR) is 80.9 cm³/mol. The van der Waals surface area contributed by atoms with Gasteiger partial charge in [-0.2, -0.15) is 5.26 Å². The molecule has 1 aromatic heterocycles. The summed E-state index contributed by atoms with van der Waals surface area (Å²) in [7, 11) is 0. The zero-order valence-corrected chi connectivity index (χ0v) is 11.6. The summed E-state index contributed by atoms with van der Waals surface area (Å²) >= 11 is 6.02. The van der Waals surface area contributed by atoms with Gasteiger partial charge in [0, 0.05) is 11.3 Å². The molecule has 2 aromatic carbocycles. The second-order valence-electron chi connectivity index (χ2n) is 4.41. The van der Waals surface area contributed by atoms with Crippen LogP contribution in [0.3, 0.4) is 0 Å². The van der Waals surface area contributed by atoms with Crippen LogP contribution in [0.4, 0.5) is 5.69 Å². The van der Waals surface area contributed by atoms with E-state index in [4.69, 9.17) is 22.6 Å². The summed E-state index contributed by atoms with van der Waals surface area (Å²) in [4.78, 5) is 4.26. The molecule has 0 saturated heterocycles. The van der Waals surface area contributed by atoms with E-state index in [2.05, 4.69) is 10.1 Å². The smallest absolute Gasteiger partial charge is 0.181 e. The largest absolute Gasteiger partial charge is 0.399 e. The lowest BCUT2D eigenvalue weighted by Gasteiger charge is -2.02. The first kappa shape index (κ1) is 13.2. The number of hydrogen-bond donors (Lipinski definition) is 1. The van der Waals surface area contributed by atoms with Crippen molar-refractivity contribution in [2.75, 3.05) is 5.73 Å². The molecule has 0 aliphatic carbocycles. The third kappa shape index (κ3) is 2.57. The minimum Gasteiger partial charge on any atom is -0.399 e. The molecule has 0 spiro atoms. The number of nitriles is 1. The van der Waals surface area contributed by atoms with Crippen LogP contribution in [0.2, 0.25) is 5.02 Å². The molecule has 3 aromatic rings. The highest BCUT2D eigenvalue weighted by molar-refractivity contribution is 6.31. The van der Waals surface area contributed by atoms with Gasteiger partial charge < -0.3 is 5.73 Å². The average Bonchev–Trinajstić information content (AvgIpc) is 2.97. The maximum Gasteiger partial charge on any atom is 0.181 e. The van der Waals surface area contributed by atoms with E-state index in [1.165, 1.54) is 0 Å². The standard InChI is InChI=1S/C15H10ClN5/c16-14-7-13(5-4-11(14)8-17)21-9-19-15(20-21)10-2-1-3-12(18)6-10/h1-7,9H,18H2. The molecule has 0 bridgehead atoms. The fraction of sp³-hybridized carbons (Fsp3) is 0. The minimum absolute atomic E-state index is 0.385. The maximum absolute atomic E-state index is 8.88. The summed E-state index contributed by atoms with van der Waals surface area (Å²) in [6.07, 6.45) is 1.59. The summed E-state index contributed by atoms with van der Waals surface area (Å²) in [6.45, 7) is 0. The van der Waals surface area contributed by atoms with E-state index in [1.807, 2.05) is 24.3 Å². The highest BCUT2D eigenvalue weighted by Crippen LogP contribution is 2.21. The van der Waals surface area contributed by atoms with Crippen molar-refractivity contribution in [2.45, 2.75) is 0 Å². The van der Waals surface area contributed by atoms with Gasteiger partial charge in [-0.05, 0) is 30.3 Å². The van der Waals surface area contributed by atoms with Crippen LogP contribution in [0.15, 0.2) is 48.8 Å². The van der Waals surface area contributed by atoms with E-state index in [-0.39, 0.29) is 0 Å². The molecular formula is C15H10ClN5. The number of hydrogen-bond acceptors (Lipinski definition) is 4. The van der Waals surface area contributed by atoms with Gasteiger partial charge in [-0.15, -0.1) is 5.10 Å². The second kappa shape index (κ2) is 5.27. The SMILES string of the molecule is N#Cc1ccc(-n2cnc(-c3cccc(N)c3)n2)cc1Cl. The van der Waals surface area contributed by atoms with Crippen molar-refractivity contribution in [2.24, 2.45) is 0 Å². The Morgan fingerprint density at radius 1 is 1.19 bits per heavy atom. The van der Waals surface area contributed by atoms with E-state index >= 15 is 0 Å². The van der Waals surface area contributed by atoms with Crippen LogP contribution in [-0.4, -0.2) is 14.8 Å². The third-order valence-corrected chi connectivity index (χ3v) is 3.29. The lowest BCUT2D eigenvalue weighted by atomic mass is 10.2. The normalized spacial score (nSPS) is 10.3. The Hall–Kier alpha value is -2.84.